The monoisotopic (exact) mass is 260 g/mol. The Morgan fingerprint density at radius 3 is 2.74 bits per heavy atom. The van der Waals surface area contributed by atoms with E-state index >= 15 is 0 Å². The number of nitrogens with one attached hydrogen (secondary N) is 1. The molecular formula is C16H24N2O. The lowest BCUT2D eigenvalue weighted by Crippen LogP contribution is -2.25. The van der Waals surface area contributed by atoms with Gasteiger partial charge in [-0.2, -0.15) is 0 Å². The summed E-state index contributed by atoms with van der Waals surface area (Å²) in [6.07, 6.45) is 4.10. The normalized spacial score (nSPS) is 15.7. The van der Waals surface area contributed by atoms with Crippen molar-refractivity contribution in [3.05, 3.63) is 29.3 Å². The molecule has 1 aromatic carbocycles. The predicted octanol–water partition coefficient (Wildman–Crippen LogP) is 2.98. The maximum Gasteiger partial charge on any atom is 0.225 e. The highest BCUT2D eigenvalue weighted by Gasteiger charge is 2.14. The lowest BCUT2D eigenvalue weighted by Gasteiger charge is -2.16. The van der Waals surface area contributed by atoms with Crippen LogP contribution in [0.15, 0.2) is 18.2 Å². The van der Waals surface area contributed by atoms with E-state index in [-0.39, 0.29) is 5.91 Å². The van der Waals surface area contributed by atoms with Gasteiger partial charge in [-0.1, -0.05) is 25.1 Å². The zero-order valence-corrected chi connectivity index (χ0v) is 12.0. The number of likely N-dealkylation sites (tertiary alicyclic amines) is 1. The second-order valence-electron chi connectivity index (χ2n) is 5.31. The molecule has 0 aromatic heterocycles. The number of aryl methyl sites for hydroxylation is 2. The van der Waals surface area contributed by atoms with Crippen LogP contribution in [0.2, 0.25) is 0 Å². The molecule has 3 heteroatoms. The molecule has 0 atom stereocenters. The molecule has 1 amide bonds. The second-order valence-corrected chi connectivity index (χ2v) is 5.31. The summed E-state index contributed by atoms with van der Waals surface area (Å²) in [5.74, 6) is 0.135. The number of carbonyl (C=O) groups is 1. The van der Waals surface area contributed by atoms with Crippen LogP contribution in [0.25, 0.3) is 0 Å². The summed E-state index contributed by atoms with van der Waals surface area (Å²) in [7, 11) is 0. The van der Waals surface area contributed by atoms with Gasteiger partial charge in [0.25, 0.3) is 0 Å². The van der Waals surface area contributed by atoms with Gasteiger partial charge in [0.1, 0.15) is 0 Å². The minimum absolute atomic E-state index is 0.135. The first-order chi connectivity index (χ1) is 9.20. The van der Waals surface area contributed by atoms with Gasteiger partial charge in [0.2, 0.25) is 5.91 Å². The molecule has 0 spiro atoms. The van der Waals surface area contributed by atoms with Crippen LogP contribution in [0.5, 0.6) is 0 Å². The van der Waals surface area contributed by atoms with Crippen LogP contribution in [0, 0.1) is 6.92 Å². The molecular weight excluding hydrogens is 236 g/mol. The van der Waals surface area contributed by atoms with Gasteiger partial charge in [-0.3, -0.25) is 4.79 Å². The molecule has 0 unspecified atom stereocenters. The van der Waals surface area contributed by atoms with Crippen molar-refractivity contribution >= 4 is 11.6 Å². The highest BCUT2D eigenvalue weighted by atomic mass is 16.1. The number of anilines is 1. The molecule has 0 aliphatic carbocycles. The Morgan fingerprint density at radius 1 is 1.32 bits per heavy atom. The van der Waals surface area contributed by atoms with Crippen molar-refractivity contribution in [1.29, 1.82) is 0 Å². The van der Waals surface area contributed by atoms with Crippen molar-refractivity contribution in [3.63, 3.8) is 0 Å². The van der Waals surface area contributed by atoms with Crippen LogP contribution in [-0.4, -0.2) is 30.4 Å². The Hall–Kier alpha value is -1.35. The van der Waals surface area contributed by atoms with Crippen molar-refractivity contribution in [2.24, 2.45) is 0 Å². The summed E-state index contributed by atoms with van der Waals surface area (Å²) in [5.41, 5.74) is 3.37. The molecule has 1 aliphatic rings. The standard InChI is InChI=1S/C16H24N2O/c1-3-14-8-6-7-13(2)16(14)17-15(19)9-12-18-10-4-5-11-18/h6-8H,3-5,9-12H2,1-2H3,(H,17,19). The zero-order chi connectivity index (χ0) is 13.7. The first kappa shape index (κ1) is 14.1. The molecule has 1 aromatic rings. The molecule has 1 fully saturated rings. The maximum absolute atomic E-state index is 12.1. The van der Waals surface area contributed by atoms with E-state index in [9.17, 15) is 4.79 Å². The highest BCUT2D eigenvalue weighted by Crippen LogP contribution is 2.21. The molecule has 104 valence electrons. The van der Waals surface area contributed by atoms with E-state index < -0.39 is 0 Å². The average Bonchev–Trinajstić information content (AvgIpc) is 2.92. The van der Waals surface area contributed by atoms with Crippen LogP contribution < -0.4 is 5.32 Å². The highest BCUT2D eigenvalue weighted by molar-refractivity contribution is 5.92. The van der Waals surface area contributed by atoms with E-state index in [1.54, 1.807) is 0 Å². The fourth-order valence-electron chi connectivity index (χ4n) is 2.67. The third-order valence-electron chi connectivity index (χ3n) is 3.86. The van der Waals surface area contributed by atoms with Gasteiger partial charge in [0.05, 0.1) is 0 Å². The predicted molar refractivity (Wildman–Crippen MR) is 79.5 cm³/mol. The number of hydrogen-bond donors (Lipinski definition) is 1. The topological polar surface area (TPSA) is 32.3 Å². The minimum Gasteiger partial charge on any atom is -0.326 e. The Bertz CT molecular complexity index is 436. The molecule has 2 rings (SSSR count). The molecule has 0 radical (unpaired) electrons. The van der Waals surface area contributed by atoms with E-state index in [0.717, 1.165) is 37.3 Å². The molecule has 1 N–H and O–H groups in total. The lowest BCUT2D eigenvalue weighted by molar-refractivity contribution is -0.116. The molecule has 3 nitrogen and oxygen atoms in total. The number of amides is 1. The van der Waals surface area contributed by atoms with Gasteiger partial charge in [-0.05, 0) is 50.4 Å². The largest absolute Gasteiger partial charge is 0.326 e. The van der Waals surface area contributed by atoms with Crippen LogP contribution in [0.3, 0.4) is 0 Å². The van der Waals surface area contributed by atoms with Gasteiger partial charge < -0.3 is 10.2 Å². The smallest absolute Gasteiger partial charge is 0.225 e. The number of nitrogens with zero attached hydrogens (tertiary/aromatic N) is 1. The number of rotatable bonds is 5. The molecule has 0 bridgehead atoms. The third-order valence-corrected chi connectivity index (χ3v) is 3.86. The summed E-state index contributed by atoms with van der Waals surface area (Å²) in [6, 6.07) is 6.19. The molecule has 0 saturated carbocycles. The van der Waals surface area contributed by atoms with Crippen molar-refractivity contribution < 1.29 is 4.79 Å². The molecule has 1 saturated heterocycles. The van der Waals surface area contributed by atoms with Crippen molar-refractivity contribution in [1.82, 2.24) is 4.90 Å². The van der Waals surface area contributed by atoms with Crippen molar-refractivity contribution in [2.75, 3.05) is 25.0 Å². The fourth-order valence-corrected chi connectivity index (χ4v) is 2.67. The summed E-state index contributed by atoms with van der Waals surface area (Å²) < 4.78 is 0. The van der Waals surface area contributed by atoms with Crippen LogP contribution in [-0.2, 0) is 11.2 Å². The van der Waals surface area contributed by atoms with Gasteiger partial charge in [0.15, 0.2) is 0 Å². The SMILES string of the molecule is CCc1cccc(C)c1NC(=O)CCN1CCCC1. The Morgan fingerprint density at radius 2 is 2.05 bits per heavy atom. The number of para-hydroxylation sites is 1. The Balaban J connectivity index is 1.91. The first-order valence-corrected chi connectivity index (χ1v) is 7.31. The van der Waals surface area contributed by atoms with Gasteiger partial charge in [0, 0.05) is 18.7 Å². The van der Waals surface area contributed by atoms with Gasteiger partial charge in [-0.15, -0.1) is 0 Å². The van der Waals surface area contributed by atoms with Crippen LogP contribution >= 0.6 is 0 Å². The van der Waals surface area contributed by atoms with E-state index in [0.29, 0.717) is 6.42 Å². The number of carbonyl (C=O) groups excluding carboxylic acids is 1. The van der Waals surface area contributed by atoms with E-state index in [4.69, 9.17) is 0 Å². The lowest BCUT2D eigenvalue weighted by atomic mass is 10.1. The summed E-state index contributed by atoms with van der Waals surface area (Å²) in [6.45, 7) is 7.36. The Labute approximate surface area is 116 Å². The fraction of sp³-hybridized carbons (Fsp3) is 0.562. The summed E-state index contributed by atoms with van der Waals surface area (Å²) in [4.78, 5) is 14.4. The molecule has 1 heterocycles. The van der Waals surface area contributed by atoms with Crippen LogP contribution in [0.1, 0.15) is 37.3 Å². The van der Waals surface area contributed by atoms with Crippen molar-refractivity contribution in [2.45, 2.75) is 39.5 Å². The van der Waals surface area contributed by atoms with Crippen LogP contribution in [0.4, 0.5) is 5.69 Å². The van der Waals surface area contributed by atoms with E-state index in [1.165, 1.54) is 18.4 Å². The minimum atomic E-state index is 0.135. The van der Waals surface area contributed by atoms with E-state index in [2.05, 4.69) is 36.2 Å². The van der Waals surface area contributed by atoms with Gasteiger partial charge in [-0.25, -0.2) is 0 Å². The van der Waals surface area contributed by atoms with E-state index in [1.807, 2.05) is 6.07 Å². The molecule has 1 aliphatic heterocycles. The quantitative estimate of drug-likeness (QED) is 0.882. The summed E-state index contributed by atoms with van der Waals surface area (Å²) in [5, 5.41) is 3.09. The van der Waals surface area contributed by atoms with Crippen molar-refractivity contribution in [3.8, 4) is 0 Å². The first-order valence-electron chi connectivity index (χ1n) is 7.31. The zero-order valence-electron chi connectivity index (χ0n) is 12.0. The Kier molecular flexibility index (Phi) is 4.97. The molecule has 19 heavy (non-hydrogen) atoms. The summed E-state index contributed by atoms with van der Waals surface area (Å²) >= 11 is 0. The van der Waals surface area contributed by atoms with Gasteiger partial charge >= 0.3 is 0 Å². The number of benzene rings is 1. The maximum atomic E-state index is 12.1. The average molecular weight is 260 g/mol. The second kappa shape index (κ2) is 6.71. The number of hydrogen-bond acceptors (Lipinski definition) is 2. The third kappa shape index (κ3) is 3.80.